The minimum Gasteiger partial charge on any atom is -0.298 e. The Labute approximate surface area is 131 Å². The van der Waals surface area contributed by atoms with Crippen molar-refractivity contribution in [2.45, 2.75) is 40.2 Å². The van der Waals surface area contributed by atoms with Gasteiger partial charge in [-0.15, -0.1) is 0 Å². The first-order chi connectivity index (χ1) is 9.88. The third-order valence-electron chi connectivity index (χ3n) is 6.07. The van der Waals surface area contributed by atoms with Crippen molar-refractivity contribution in [3.05, 3.63) is 34.9 Å². The van der Waals surface area contributed by atoms with Gasteiger partial charge in [0.15, 0.2) is 0 Å². The van der Waals surface area contributed by atoms with Gasteiger partial charge in [-0.2, -0.15) is 0 Å². The van der Waals surface area contributed by atoms with Gasteiger partial charge in [-0.25, -0.2) is 0 Å². The molecule has 3 atom stereocenters. The highest BCUT2D eigenvalue weighted by Crippen LogP contribution is 2.65. The summed E-state index contributed by atoms with van der Waals surface area (Å²) in [5.74, 6) is 0.804. The largest absolute Gasteiger partial charge is 0.298 e. The van der Waals surface area contributed by atoms with E-state index in [4.69, 9.17) is 11.6 Å². The summed E-state index contributed by atoms with van der Waals surface area (Å²) >= 11 is 6.14. The summed E-state index contributed by atoms with van der Waals surface area (Å²) < 4.78 is 0. The quantitative estimate of drug-likeness (QED) is 0.753. The van der Waals surface area contributed by atoms with E-state index in [-0.39, 0.29) is 16.7 Å². The highest BCUT2D eigenvalue weighted by atomic mass is 35.5. The van der Waals surface area contributed by atoms with Gasteiger partial charge >= 0.3 is 0 Å². The molecule has 1 aromatic carbocycles. The van der Waals surface area contributed by atoms with Gasteiger partial charge in [-0.05, 0) is 35.8 Å². The first kappa shape index (κ1) is 14.8. The Hall–Kier alpha value is -1.15. The molecule has 0 saturated heterocycles. The molecule has 2 saturated carbocycles. The van der Waals surface area contributed by atoms with Gasteiger partial charge < -0.3 is 0 Å². The lowest BCUT2D eigenvalue weighted by Crippen LogP contribution is -2.33. The van der Waals surface area contributed by atoms with Crippen LogP contribution in [0, 0.1) is 22.7 Å². The minimum absolute atomic E-state index is 0.0127. The van der Waals surface area contributed by atoms with Gasteiger partial charge in [0.2, 0.25) is 0 Å². The highest BCUT2D eigenvalue weighted by Gasteiger charge is 2.65. The Morgan fingerprint density at radius 1 is 1.33 bits per heavy atom. The van der Waals surface area contributed by atoms with E-state index >= 15 is 0 Å². The number of carbonyl (C=O) groups excluding carboxylic acids is 1. The molecule has 0 N–H and O–H groups in total. The fourth-order valence-corrected chi connectivity index (χ4v) is 4.41. The molecule has 0 aliphatic heterocycles. The summed E-state index contributed by atoms with van der Waals surface area (Å²) in [7, 11) is 0. The van der Waals surface area contributed by atoms with Crippen LogP contribution in [0.3, 0.4) is 0 Å². The van der Waals surface area contributed by atoms with Gasteiger partial charge in [-0.1, -0.05) is 50.6 Å². The zero-order chi connectivity index (χ0) is 15.3. The van der Waals surface area contributed by atoms with Crippen molar-refractivity contribution in [2.75, 3.05) is 0 Å². The fourth-order valence-electron chi connectivity index (χ4n) is 4.22. The predicted molar refractivity (Wildman–Crippen MR) is 86.8 cm³/mol. The van der Waals surface area contributed by atoms with E-state index in [0.717, 1.165) is 23.4 Å². The van der Waals surface area contributed by atoms with Gasteiger partial charge in [0.1, 0.15) is 5.78 Å². The Bertz CT molecular complexity index is 607. The summed E-state index contributed by atoms with van der Waals surface area (Å²) in [6, 6.07) is 7.73. The van der Waals surface area contributed by atoms with Crippen LogP contribution < -0.4 is 0 Å². The number of aliphatic imine (C=N–C) groups is 1. The van der Waals surface area contributed by atoms with Crippen LogP contribution in [0.5, 0.6) is 0 Å². The van der Waals surface area contributed by atoms with E-state index in [0.29, 0.717) is 18.2 Å². The lowest BCUT2D eigenvalue weighted by Gasteiger charge is -2.32. The molecule has 0 unspecified atom stereocenters. The molecule has 2 aliphatic carbocycles. The van der Waals surface area contributed by atoms with Gasteiger partial charge in [-0.3, -0.25) is 9.79 Å². The number of hydrogen-bond acceptors (Lipinski definition) is 2. The third-order valence-corrected chi connectivity index (χ3v) is 6.44. The Morgan fingerprint density at radius 3 is 2.67 bits per heavy atom. The first-order valence-corrected chi connectivity index (χ1v) is 8.03. The summed E-state index contributed by atoms with van der Waals surface area (Å²) in [4.78, 5) is 17.2. The van der Waals surface area contributed by atoms with Gasteiger partial charge in [0, 0.05) is 16.7 Å². The number of halogens is 1. The fraction of sp³-hybridized carbons (Fsp3) is 0.556. The summed E-state index contributed by atoms with van der Waals surface area (Å²) in [5, 5.41) is 0.737. The zero-order valence-electron chi connectivity index (χ0n) is 12.9. The SMILES string of the molecule is CC1(C)[C@@H]2CC[C@@]1(C)C(=O)[C@H]2C=NCc1ccccc1Cl. The number of rotatable bonds is 3. The van der Waals surface area contributed by atoms with Gasteiger partial charge in [0.25, 0.3) is 0 Å². The second-order valence-corrected chi connectivity index (χ2v) is 7.58. The molecule has 21 heavy (non-hydrogen) atoms. The molecule has 3 heteroatoms. The molecular formula is C18H22ClNO. The molecule has 112 valence electrons. The average molecular weight is 304 g/mol. The van der Waals surface area contributed by atoms with E-state index in [1.165, 1.54) is 0 Å². The number of nitrogens with zero attached hydrogens (tertiary/aromatic N) is 1. The van der Waals surface area contributed by atoms with Gasteiger partial charge in [0.05, 0.1) is 12.5 Å². The van der Waals surface area contributed by atoms with Crippen molar-refractivity contribution in [2.24, 2.45) is 27.7 Å². The maximum atomic E-state index is 12.7. The molecular weight excluding hydrogens is 282 g/mol. The van der Waals surface area contributed by atoms with Crippen LogP contribution in [0.15, 0.2) is 29.3 Å². The number of ketones is 1. The molecule has 0 radical (unpaired) electrons. The standard InChI is InChI=1S/C18H22ClNO/c1-17(2)14-8-9-18(17,3)16(21)13(14)11-20-10-12-6-4-5-7-15(12)19/h4-7,11,13-14H,8-10H2,1-3H3/t13-,14+,18-/m0/s1. The van der Waals surface area contributed by atoms with Crippen LogP contribution in [-0.4, -0.2) is 12.0 Å². The Morgan fingerprint density at radius 2 is 2.05 bits per heavy atom. The topological polar surface area (TPSA) is 29.4 Å². The van der Waals surface area contributed by atoms with Crippen LogP contribution in [0.1, 0.15) is 39.2 Å². The molecule has 2 bridgehead atoms. The van der Waals surface area contributed by atoms with Crippen LogP contribution >= 0.6 is 11.6 Å². The molecule has 1 aromatic rings. The second kappa shape index (κ2) is 4.95. The summed E-state index contributed by atoms with van der Waals surface area (Å²) in [5.41, 5.74) is 0.931. The lowest BCUT2D eigenvalue weighted by atomic mass is 9.70. The molecule has 2 nitrogen and oxygen atoms in total. The number of benzene rings is 1. The van der Waals surface area contributed by atoms with E-state index < -0.39 is 0 Å². The molecule has 3 rings (SSSR count). The number of hydrogen-bond donors (Lipinski definition) is 0. The molecule has 0 heterocycles. The first-order valence-electron chi connectivity index (χ1n) is 7.65. The Kier molecular flexibility index (Phi) is 3.48. The van der Waals surface area contributed by atoms with Crippen LogP contribution in [-0.2, 0) is 11.3 Å². The van der Waals surface area contributed by atoms with E-state index in [9.17, 15) is 4.79 Å². The maximum absolute atomic E-state index is 12.7. The van der Waals surface area contributed by atoms with Crippen molar-refractivity contribution >= 4 is 23.6 Å². The molecule has 2 aliphatic rings. The number of Topliss-reactive ketones (excluding diaryl/α,β-unsaturated/α-hetero) is 1. The minimum atomic E-state index is -0.168. The number of fused-ring (bicyclic) bond motifs is 2. The third kappa shape index (κ3) is 2.07. The van der Waals surface area contributed by atoms with Crippen molar-refractivity contribution < 1.29 is 4.79 Å². The van der Waals surface area contributed by atoms with E-state index in [1.54, 1.807) is 0 Å². The molecule has 2 fully saturated rings. The summed E-state index contributed by atoms with van der Waals surface area (Å²) in [6.07, 6.45) is 4.05. The number of carbonyl (C=O) groups is 1. The predicted octanol–water partition coefficient (Wildman–Crippen LogP) is 4.55. The van der Waals surface area contributed by atoms with Crippen molar-refractivity contribution in [3.8, 4) is 0 Å². The molecule has 0 aromatic heterocycles. The van der Waals surface area contributed by atoms with E-state index in [1.807, 2.05) is 30.5 Å². The Balaban J connectivity index is 1.76. The second-order valence-electron chi connectivity index (χ2n) is 7.17. The zero-order valence-corrected chi connectivity index (χ0v) is 13.7. The van der Waals surface area contributed by atoms with Crippen molar-refractivity contribution in [3.63, 3.8) is 0 Å². The smallest absolute Gasteiger partial charge is 0.147 e. The van der Waals surface area contributed by atoms with E-state index in [2.05, 4.69) is 25.8 Å². The van der Waals surface area contributed by atoms with Crippen molar-refractivity contribution in [1.29, 1.82) is 0 Å². The lowest BCUT2D eigenvalue weighted by molar-refractivity contribution is -0.129. The van der Waals surface area contributed by atoms with Crippen molar-refractivity contribution in [1.82, 2.24) is 0 Å². The maximum Gasteiger partial charge on any atom is 0.147 e. The normalized spacial score (nSPS) is 34.0. The molecule has 0 spiro atoms. The van der Waals surface area contributed by atoms with Crippen LogP contribution in [0.4, 0.5) is 0 Å². The van der Waals surface area contributed by atoms with Crippen LogP contribution in [0.25, 0.3) is 0 Å². The molecule has 0 amide bonds. The van der Waals surface area contributed by atoms with Crippen LogP contribution in [0.2, 0.25) is 5.02 Å². The summed E-state index contributed by atoms with van der Waals surface area (Å²) in [6.45, 7) is 7.17. The highest BCUT2D eigenvalue weighted by molar-refractivity contribution is 6.31. The monoisotopic (exact) mass is 303 g/mol. The average Bonchev–Trinajstić information content (AvgIpc) is 2.75.